The lowest BCUT2D eigenvalue weighted by atomic mass is 10.1. The summed E-state index contributed by atoms with van der Waals surface area (Å²) in [6, 6.07) is 4.39. The summed E-state index contributed by atoms with van der Waals surface area (Å²) < 4.78 is 38.1. The molecule has 0 radical (unpaired) electrons. The molecule has 2 rings (SSSR count). The van der Waals surface area contributed by atoms with E-state index in [9.17, 15) is 18.0 Å². The maximum atomic E-state index is 12.7. The zero-order valence-electron chi connectivity index (χ0n) is 9.24. The van der Waals surface area contributed by atoms with E-state index in [-0.39, 0.29) is 11.4 Å². The second kappa shape index (κ2) is 4.94. The molecule has 0 atom stereocenters. The zero-order chi connectivity index (χ0) is 14.2. The van der Waals surface area contributed by atoms with Crippen LogP contribution in [0.15, 0.2) is 23.0 Å². The molecule has 1 aromatic heterocycles. The molecule has 0 aliphatic heterocycles. The first-order valence-corrected chi connectivity index (χ1v) is 5.85. The molecule has 8 heteroatoms. The lowest BCUT2D eigenvalue weighted by Crippen LogP contribution is -2.13. The van der Waals surface area contributed by atoms with Gasteiger partial charge in [-0.25, -0.2) is 0 Å². The fourth-order valence-electron chi connectivity index (χ4n) is 1.65. The molecule has 1 heterocycles. The molecule has 3 nitrogen and oxygen atoms in total. The van der Waals surface area contributed by atoms with Gasteiger partial charge in [0.1, 0.15) is 5.69 Å². The van der Waals surface area contributed by atoms with Gasteiger partial charge in [-0.1, -0.05) is 29.3 Å². The molecular formula is C11H7Cl2F3N2O. The van der Waals surface area contributed by atoms with Crippen LogP contribution in [0.2, 0.25) is 10.0 Å². The Morgan fingerprint density at radius 1 is 1.16 bits per heavy atom. The largest absolute Gasteiger partial charge is 0.433 e. The molecule has 102 valence electrons. The summed E-state index contributed by atoms with van der Waals surface area (Å²) in [6.07, 6.45) is -4.86. The first-order chi connectivity index (χ1) is 8.79. The van der Waals surface area contributed by atoms with Crippen LogP contribution in [-0.2, 0) is 12.6 Å². The molecule has 0 aliphatic carbocycles. The Morgan fingerprint density at radius 3 is 2.42 bits per heavy atom. The minimum atomic E-state index is -4.63. The van der Waals surface area contributed by atoms with Crippen LogP contribution >= 0.6 is 23.2 Å². The number of alkyl halides is 3. The van der Waals surface area contributed by atoms with E-state index >= 15 is 0 Å². The van der Waals surface area contributed by atoms with Crippen molar-refractivity contribution < 1.29 is 13.2 Å². The highest BCUT2D eigenvalue weighted by Gasteiger charge is 2.36. The molecule has 0 saturated carbocycles. The molecule has 2 N–H and O–H groups in total. The summed E-state index contributed by atoms with van der Waals surface area (Å²) in [5, 5.41) is 4.34. The lowest BCUT2D eigenvalue weighted by Gasteiger charge is -2.07. The number of H-pyrrole nitrogens is 2. The minimum absolute atomic E-state index is 0.209. The van der Waals surface area contributed by atoms with Crippen LogP contribution in [0.25, 0.3) is 0 Å². The highest BCUT2D eigenvalue weighted by Crippen LogP contribution is 2.31. The number of rotatable bonds is 2. The molecule has 0 saturated heterocycles. The summed E-state index contributed by atoms with van der Waals surface area (Å²) in [4.78, 5) is 11.4. The molecule has 0 fully saturated rings. The van der Waals surface area contributed by atoms with Crippen molar-refractivity contribution in [1.29, 1.82) is 0 Å². The first kappa shape index (κ1) is 14.0. The van der Waals surface area contributed by atoms with Crippen LogP contribution in [0.5, 0.6) is 0 Å². The third kappa shape index (κ3) is 2.96. The van der Waals surface area contributed by atoms with Gasteiger partial charge in [0, 0.05) is 16.5 Å². The van der Waals surface area contributed by atoms with Gasteiger partial charge in [0.25, 0.3) is 5.56 Å². The second-order valence-corrected chi connectivity index (χ2v) is 4.69. The number of halogens is 5. The number of hydrogen-bond donors (Lipinski definition) is 2. The van der Waals surface area contributed by atoms with Crippen molar-refractivity contribution in [2.75, 3.05) is 0 Å². The normalized spacial score (nSPS) is 11.8. The van der Waals surface area contributed by atoms with E-state index in [4.69, 9.17) is 23.2 Å². The van der Waals surface area contributed by atoms with Gasteiger partial charge in [-0.3, -0.25) is 15.0 Å². The monoisotopic (exact) mass is 310 g/mol. The molecule has 0 spiro atoms. The van der Waals surface area contributed by atoms with Crippen molar-refractivity contribution in [1.82, 2.24) is 10.2 Å². The Balaban J connectivity index is 2.44. The van der Waals surface area contributed by atoms with Crippen molar-refractivity contribution in [2.24, 2.45) is 0 Å². The highest BCUT2D eigenvalue weighted by atomic mass is 35.5. The summed E-state index contributed by atoms with van der Waals surface area (Å²) >= 11 is 11.6. The molecule has 0 amide bonds. The predicted molar refractivity (Wildman–Crippen MR) is 65.7 cm³/mol. The Bertz CT molecular complexity index is 661. The van der Waals surface area contributed by atoms with Crippen molar-refractivity contribution in [3.63, 3.8) is 0 Å². The lowest BCUT2D eigenvalue weighted by molar-refractivity contribution is -0.141. The van der Waals surface area contributed by atoms with E-state index in [0.717, 1.165) is 0 Å². The van der Waals surface area contributed by atoms with Gasteiger partial charge in [0.2, 0.25) is 0 Å². The van der Waals surface area contributed by atoms with Gasteiger partial charge in [0.15, 0.2) is 0 Å². The SMILES string of the molecule is O=c1[nH][nH]c(C(F)(F)F)c1Cc1ccc(Cl)cc1Cl. The number of benzene rings is 1. The van der Waals surface area contributed by atoms with Crippen LogP contribution in [0.1, 0.15) is 16.8 Å². The van der Waals surface area contributed by atoms with Crippen LogP contribution in [0.3, 0.4) is 0 Å². The fraction of sp³-hybridized carbons (Fsp3) is 0.182. The van der Waals surface area contributed by atoms with Gasteiger partial charge in [-0.15, -0.1) is 0 Å². The minimum Gasteiger partial charge on any atom is -0.293 e. The van der Waals surface area contributed by atoms with Gasteiger partial charge < -0.3 is 0 Å². The van der Waals surface area contributed by atoms with Crippen molar-refractivity contribution in [3.05, 3.63) is 55.4 Å². The van der Waals surface area contributed by atoms with Crippen LogP contribution in [0.4, 0.5) is 13.2 Å². The van der Waals surface area contributed by atoms with Gasteiger partial charge in [0.05, 0.1) is 5.56 Å². The zero-order valence-corrected chi connectivity index (χ0v) is 10.7. The van der Waals surface area contributed by atoms with Crippen molar-refractivity contribution in [2.45, 2.75) is 12.6 Å². The number of aromatic nitrogens is 2. The van der Waals surface area contributed by atoms with Gasteiger partial charge in [-0.2, -0.15) is 13.2 Å². The van der Waals surface area contributed by atoms with Gasteiger partial charge in [-0.05, 0) is 17.7 Å². The van der Waals surface area contributed by atoms with Crippen LogP contribution < -0.4 is 5.56 Å². The summed E-state index contributed by atoms with van der Waals surface area (Å²) in [6.45, 7) is 0. The van der Waals surface area contributed by atoms with E-state index in [2.05, 4.69) is 0 Å². The maximum absolute atomic E-state index is 12.7. The maximum Gasteiger partial charge on any atom is 0.433 e. The van der Waals surface area contributed by atoms with Crippen molar-refractivity contribution in [3.8, 4) is 0 Å². The Kier molecular flexibility index (Phi) is 3.64. The predicted octanol–water partition coefficient (Wildman–Crippen LogP) is 3.62. The third-order valence-corrected chi connectivity index (χ3v) is 3.13. The standard InChI is InChI=1S/C11H7Cl2F3N2O/c12-6-2-1-5(8(13)4-6)3-7-9(11(14,15)16)17-18-10(7)19/h1-2,4H,3H2,(H2,17,18,19). The van der Waals surface area contributed by atoms with E-state index in [1.54, 1.807) is 0 Å². The quantitative estimate of drug-likeness (QED) is 0.874. The summed E-state index contributed by atoms with van der Waals surface area (Å²) in [5.74, 6) is 0. The molecule has 0 unspecified atom stereocenters. The number of aromatic amines is 2. The number of nitrogens with one attached hydrogen (secondary N) is 2. The average Bonchev–Trinajstić information content (AvgIpc) is 2.64. The Labute approximate surface area is 115 Å². The Morgan fingerprint density at radius 2 is 1.84 bits per heavy atom. The molecule has 2 aromatic rings. The average molecular weight is 311 g/mol. The topological polar surface area (TPSA) is 48.6 Å². The summed E-state index contributed by atoms with van der Waals surface area (Å²) in [7, 11) is 0. The second-order valence-electron chi connectivity index (χ2n) is 3.84. The molecular weight excluding hydrogens is 304 g/mol. The summed E-state index contributed by atoms with van der Waals surface area (Å²) in [5.41, 5.74) is -1.93. The van der Waals surface area contributed by atoms with E-state index in [1.807, 2.05) is 10.2 Å². The molecule has 0 bridgehead atoms. The van der Waals surface area contributed by atoms with Crippen LogP contribution in [-0.4, -0.2) is 10.2 Å². The van der Waals surface area contributed by atoms with E-state index in [1.165, 1.54) is 18.2 Å². The fourth-order valence-corrected chi connectivity index (χ4v) is 2.13. The third-order valence-electron chi connectivity index (χ3n) is 2.54. The smallest absolute Gasteiger partial charge is 0.293 e. The number of hydrogen-bond acceptors (Lipinski definition) is 1. The van der Waals surface area contributed by atoms with E-state index in [0.29, 0.717) is 10.6 Å². The molecule has 1 aromatic carbocycles. The highest BCUT2D eigenvalue weighted by molar-refractivity contribution is 6.35. The van der Waals surface area contributed by atoms with Gasteiger partial charge >= 0.3 is 6.18 Å². The van der Waals surface area contributed by atoms with E-state index < -0.39 is 23.0 Å². The molecule has 19 heavy (non-hydrogen) atoms. The first-order valence-electron chi connectivity index (χ1n) is 5.09. The van der Waals surface area contributed by atoms with Crippen molar-refractivity contribution >= 4 is 23.2 Å². The van der Waals surface area contributed by atoms with Crippen LogP contribution in [0, 0.1) is 0 Å². The Hall–Kier alpha value is -1.40. The molecule has 0 aliphatic rings.